The van der Waals surface area contributed by atoms with Gasteiger partial charge in [-0.25, -0.2) is 0 Å². The molecular formula is C14H14ClNO. The van der Waals surface area contributed by atoms with E-state index in [1.165, 1.54) is 5.56 Å². The first-order valence-electron chi connectivity index (χ1n) is 5.36. The van der Waals surface area contributed by atoms with Crippen LogP contribution in [0.2, 0.25) is 5.02 Å². The Bertz CT molecular complexity index is 535. The van der Waals surface area contributed by atoms with Crippen molar-refractivity contribution in [2.24, 2.45) is 0 Å². The zero-order valence-electron chi connectivity index (χ0n) is 9.83. The fourth-order valence-corrected chi connectivity index (χ4v) is 1.68. The Morgan fingerprint density at radius 1 is 1.06 bits per heavy atom. The molecule has 2 nitrogen and oxygen atoms in total. The van der Waals surface area contributed by atoms with Crippen molar-refractivity contribution >= 4 is 17.3 Å². The van der Waals surface area contributed by atoms with E-state index in [1.54, 1.807) is 6.07 Å². The topological polar surface area (TPSA) is 35.2 Å². The van der Waals surface area contributed by atoms with Gasteiger partial charge in [-0.15, -0.1) is 0 Å². The third-order valence-corrected chi connectivity index (χ3v) is 2.87. The molecule has 0 spiro atoms. The summed E-state index contributed by atoms with van der Waals surface area (Å²) in [4.78, 5) is 0. The smallest absolute Gasteiger partial charge is 0.131 e. The van der Waals surface area contributed by atoms with Gasteiger partial charge in [-0.1, -0.05) is 29.3 Å². The minimum Gasteiger partial charge on any atom is -0.457 e. The molecule has 2 N–H and O–H groups in total. The SMILES string of the molecule is Cc1ccc(Oc2cc(Cl)c(N)cc2C)cc1. The first-order valence-corrected chi connectivity index (χ1v) is 5.74. The number of ether oxygens (including phenoxy) is 1. The molecule has 0 saturated heterocycles. The van der Waals surface area contributed by atoms with E-state index in [4.69, 9.17) is 22.1 Å². The van der Waals surface area contributed by atoms with E-state index in [-0.39, 0.29) is 0 Å². The summed E-state index contributed by atoms with van der Waals surface area (Å²) in [6, 6.07) is 11.4. The van der Waals surface area contributed by atoms with E-state index >= 15 is 0 Å². The van der Waals surface area contributed by atoms with Gasteiger partial charge in [0.25, 0.3) is 0 Å². The van der Waals surface area contributed by atoms with Gasteiger partial charge < -0.3 is 10.5 Å². The van der Waals surface area contributed by atoms with Crippen LogP contribution in [0.5, 0.6) is 11.5 Å². The number of hydrogen-bond donors (Lipinski definition) is 1. The highest BCUT2D eigenvalue weighted by Gasteiger charge is 2.05. The lowest BCUT2D eigenvalue weighted by Crippen LogP contribution is -1.92. The molecule has 17 heavy (non-hydrogen) atoms. The Hall–Kier alpha value is -1.67. The molecule has 2 aromatic rings. The Morgan fingerprint density at radius 3 is 2.35 bits per heavy atom. The van der Waals surface area contributed by atoms with Crippen molar-refractivity contribution in [3.63, 3.8) is 0 Å². The molecule has 0 aromatic heterocycles. The van der Waals surface area contributed by atoms with Crippen molar-refractivity contribution in [3.8, 4) is 11.5 Å². The molecule has 2 rings (SSSR count). The van der Waals surface area contributed by atoms with Crippen LogP contribution >= 0.6 is 11.6 Å². The zero-order chi connectivity index (χ0) is 12.4. The first-order chi connectivity index (χ1) is 8.06. The second-order valence-corrected chi connectivity index (χ2v) is 4.46. The standard InChI is InChI=1S/C14H14ClNO/c1-9-3-5-11(6-4-9)17-14-8-12(15)13(16)7-10(14)2/h3-8H,16H2,1-2H3. The van der Waals surface area contributed by atoms with Crippen LogP contribution in [-0.2, 0) is 0 Å². The van der Waals surface area contributed by atoms with Crippen molar-refractivity contribution in [2.75, 3.05) is 5.73 Å². The third-order valence-electron chi connectivity index (χ3n) is 2.54. The van der Waals surface area contributed by atoms with Crippen LogP contribution in [0.4, 0.5) is 5.69 Å². The number of nitrogen functional groups attached to an aromatic ring is 1. The van der Waals surface area contributed by atoms with Gasteiger partial charge in [-0.3, -0.25) is 0 Å². The quantitative estimate of drug-likeness (QED) is 0.802. The molecule has 0 fully saturated rings. The highest BCUT2D eigenvalue weighted by atomic mass is 35.5. The van der Waals surface area contributed by atoms with Gasteiger partial charge >= 0.3 is 0 Å². The largest absolute Gasteiger partial charge is 0.457 e. The second kappa shape index (κ2) is 4.68. The van der Waals surface area contributed by atoms with Gasteiger partial charge in [0.1, 0.15) is 11.5 Å². The van der Waals surface area contributed by atoms with Gasteiger partial charge in [0.15, 0.2) is 0 Å². The fraction of sp³-hybridized carbons (Fsp3) is 0.143. The average Bonchev–Trinajstić information content (AvgIpc) is 2.29. The van der Waals surface area contributed by atoms with E-state index in [0.29, 0.717) is 10.7 Å². The molecule has 0 aliphatic rings. The van der Waals surface area contributed by atoms with E-state index < -0.39 is 0 Å². The maximum atomic E-state index is 5.97. The summed E-state index contributed by atoms with van der Waals surface area (Å²) in [5.41, 5.74) is 8.45. The van der Waals surface area contributed by atoms with Gasteiger partial charge in [0.05, 0.1) is 10.7 Å². The summed E-state index contributed by atoms with van der Waals surface area (Å²) in [6.07, 6.45) is 0. The number of hydrogen-bond acceptors (Lipinski definition) is 2. The number of aryl methyl sites for hydroxylation is 2. The predicted molar refractivity (Wildman–Crippen MR) is 71.9 cm³/mol. The summed E-state index contributed by atoms with van der Waals surface area (Å²) in [5, 5.41) is 0.512. The molecule has 0 heterocycles. The number of benzene rings is 2. The van der Waals surface area contributed by atoms with Crippen molar-refractivity contribution in [1.82, 2.24) is 0 Å². The van der Waals surface area contributed by atoms with Crippen LogP contribution in [0.25, 0.3) is 0 Å². The second-order valence-electron chi connectivity index (χ2n) is 4.05. The minimum absolute atomic E-state index is 0.512. The Morgan fingerprint density at radius 2 is 1.71 bits per heavy atom. The van der Waals surface area contributed by atoms with Crippen LogP contribution in [0, 0.1) is 13.8 Å². The Balaban J connectivity index is 2.30. The molecule has 88 valence electrons. The molecule has 0 saturated carbocycles. The maximum absolute atomic E-state index is 5.97. The van der Waals surface area contributed by atoms with Crippen LogP contribution in [0.1, 0.15) is 11.1 Å². The van der Waals surface area contributed by atoms with Crippen molar-refractivity contribution < 1.29 is 4.74 Å². The lowest BCUT2D eigenvalue weighted by atomic mass is 10.2. The summed E-state index contributed by atoms with van der Waals surface area (Å²) < 4.78 is 5.76. The molecule has 3 heteroatoms. The molecule has 0 radical (unpaired) electrons. The van der Waals surface area contributed by atoms with Crippen LogP contribution in [-0.4, -0.2) is 0 Å². The van der Waals surface area contributed by atoms with Crippen molar-refractivity contribution in [3.05, 3.63) is 52.5 Å². The molecule has 0 atom stereocenters. The predicted octanol–water partition coefficient (Wildman–Crippen LogP) is 4.33. The minimum atomic E-state index is 0.512. The van der Waals surface area contributed by atoms with Crippen molar-refractivity contribution in [1.29, 1.82) is 0 Å². The molecule has 0 bridgehead atoms. The number of anilines is 1. The van der Waals surface area contributed by atoms with Crippen molar-refractivity contribution in [2.45, 2.75) is 13.8 Å². The van der Waals surface area contributed by atoms with E-state index in [1.807, 2.05) is 44.2 Å². The van der Waals surface area contributed by atoms with Crippen LogP contribution in [0.15, 0.2) is 36.4 Å². The average molecular weight is 248 g/mol. The number of halogens is 1. The zero-order valence-corrected chi connectivity index (χ0v) is 10.6. The molecule has 0 amide bonds. The van der Waals surface area contributed by atoms with E-state index in [9.17, 15) is 0 Å². The highest BCUT2D eigenvalue weighted by Crippen LogP contribution is 2.31. The lowest BCUT2D eigenvalue weighted by molar-refractivity contribution is 0.479. The van der Waals surface area contributed by atoms with Gasteiger partial charge in [0.2, 0.25) is 0 Å². The summed E-state index contributed by atoms with van der Waals surface area (Å²) in [6.45, 7) is 3.98. The normalized spacial score (nSPS) is 10.3. The Labute approximate surface area is 106 Å². The third kappa shape index (κ3) is 2.71. The highest BCUT2D eigenvalue weighted by molar-refractivity contribution is 6.33. The van der Waals surface area contributed by atoms with Crippen LogP contribution < -0.4 is 10.5 Å². The molecule has 2 aromatic carbocycles. The fourth-order valence-electron chi connectivity index (χ4n) is 1.53. The van der Waals surface area contributed by atoms with Gasteiger partial charge in [-0.2, -0.15) is 0 Å². The summed E-state index contributed by atoms with van der Waals surface area (Å²) in [5.74, 6) is 1.52. The first kappa shape index (κ1) is 11.8. The van der Waals surface area contributed by atoms with E-state index in [0.717, 1.165) is 17.1 Å². The maximum Gasteiger partial charge on any atom is 0.131 e. The number of rotatable bonds is 2. The van der Waals surface area contributed by atoms with Gasteiger partial charge in [0, 0.05) is 6.07 Å². The monoisotopic (exact) mass is 247 g/mol. The molecule has 0 unspecified atom stereocenters. The van der Waals surface area contributed by atoms with Gasteiger partial charge in [-0.05, 0) is 37.6 Å². The van der Waals surface area contributed by atoms with E-state index in [2.05, 4.69) is 0 Å². The summed E-state index contributed by atoms with van der Waals surface area (Å²) >= 11 is 5.97. The number of nitrogens with two attached hydrogens (primary N) is 1. The Kier molecular flexibility index (Phi) is 3.25. The molecule has 0 aliphatic carbocycles. The lowest BCUT2D eigenvalue weighted by Gasteiger charge is -2.10. The molecule has 0 aliphatic heterocycles. The molecular weight excluding hydrogens is 234 g/mol. The summed E-state index contributed by atoms with van der Waals surface area (Å²) in [7, 11) is 0. The van der Waals surface area contributed by atoms with Crippen LogP contribution in [0.3, 0.4) is 0 Å².